The predicted molar refractivity (Wildman–Crippen MR) is 131 cm³/mol. The lowest BCUT2D eigenvalue weighted by Gasteiger charge is -2.45. The van der Waals surface area contributed by atoms with Gasteiger partial charge in [0.2, 0.25) is 5.88 Å². The Kier molecular flexibility index (Phi) is 6.93. The Labute approximate surface area is 199 Å². The molecule has 1 aromatic heterocycles. The van der Waals surface area contributed by atoms with E-state index in [1.165, 1.54) is 0 Å². The van der Waals surface area contributed by atoms with Crippen molar-refractivity contribution in [2.75, 3.05) is 44.1 Å². The topological polar surface area (TPSA) is 101 Å². The van der Waals surface area contributed by atoms with Crippen LogP contribution in [0.25, 0.3) is 0 Å². The van der Waals surface area contributed by atoms with E-state index in [2.05, 4.69) is 39.6 Å². The Bertz CT molecular complexity index is 1120. The standard InChI is InChI=1S/C25H31N5O4/c1-25(2)16-26-9-10-30(25)21-8-6-5-7-20(21)24(31)27-22-14-23(29-28-22)34-15-17-11-18(32-3)13-19(12-17)33-4/h5-8,11-14,26H,9-10,15-16H2,1-4H3,(H2,27,28,29,31). The van der Waals surface area contributed by atoms with Crippen LogP contribution in [-0.4, -0.2) is 55.5 Å². The number of hydrogen-bond acceptors (Lipinski definition) is 7. The molecule has 0 aliphatic carbocycles. The van der Waals surface area contributed by atoms with Gasteiger partial charge < -0.3 is 29.7 Å². The summed E-state index contributed by atoms with van der Waals surface area (Å²) >= 11 is 0. The molecule has 2 heterocycles. The maximum absolute atomic E-state index is 13.1. The molecule has 180 valence electrons. The Morgan fingerprint density at radius 1 is 1.12 bits per heavy atom. The number of benzene rings is 2. The number of hydrogen-bond donors (Lipinski definition) is 3. The van der Waals surface area contributed by atoms with Gasteiger partial charge in [0.05, 0.1) is 25.5 Å². The summed E-state index contributed by atoms with van der Waals surface area (Å²) in [6, 6.07) is 14.9. The molecule has 0 bridgehead atoms. The number of methoxy groups -OCH3 is 2. The lowest BCUT2D eigenvalue weighted by Crippen LogP contribution is -2.58. The number of H-pyrrole nitrogens is 1. The summed E-state index contributed by atoms with van der Waals surface area (Å²) in [4.78, 5) is 15.4. The average Bonchev–Trinajstić information content (AvgIpc) is 3.29. The zero-order chi connectivity index (χ0) is 24.1. The van der Waals surface area contributed by atoms with Crippen molar-refractivity contribution in [2.45, 2.75) is 26.0 Å². The molecule has 4 rings (SSSR count). The first kappa shape index (κ1) is 23.4. The minimum atomic E-state index is -0.210. The molecule has 0 unspecified atom stereocenters. The number of amides is 1. The molecular weight excluding hydrogens is 434 g/mol. The Balaban J connectivity index is 1.44. The predicted octanol–water partition coefficient (Wildman–Crippen LogP) is 3.45. The van der Waals surface area contributed by atoms with Gasteiger partial charge in [0.1, 0.15) is 23.9 Å². The molecule has 0 radical (unpaired) electrons. The van der Waals surface area contributed by atoms with Gasteiger partial charge in [0.15, 0.2) is 0 Å². The van der Waals surface area contributed by atoms with E-state index < -0.39 is 0 Å². The summed E-state index contributed by atoms with van der Waals surface area (Å²) in [5, 5.41) is 13.3. The zero-order valence-corrected chi connectivity index (χ0v) is 20.0. The highest BCUT2D eigenvalue weighted by molar-refractivity contribution is 6.07. The van der Waals surface area contributed by atoms with Crippen molar-refractivity contribution < 1.29 is 19.0 Å². The third kappa shape index (κ3) is 5.26. The molecule has 1 aliphatic heterocycles. The second kappa shape index (κ2) is 10.0. The van der Waals surface area contributed by atoms with Gasteiger partial charge in [-0.25, -0.2) is 0 Å². The SMILES string of the molecule is COc1cc(COc2cc(NC(=O)c3ccccc3N3CCNCC3(C)C)[nH]n2)cc(OC)c1. The fourth-order valence-electron chi connectivity index (χ4n) is 4.07. The maximum atomic E-state index is 13.1. The summed E-state index contributed by atoms with van der Waals surface area (Å²) < 4.78 is 16.4. The second-order valence-corrected chi connectivity index (χ2v) is 8.74. The lowest BCUT2D eigenvalue weighted by molar-refractivity contribution is 0.102. The van der Waals surface area contributed by atoms with E-state index in [-0.39, 0.29) is 18.1 Å². The fraction of sp³-hybridized carbons (Fsp3) is 0.360. The Morgan fingerprint density at radius 2 is 1.85 bits per heavy atom. The number of aromatic nitrogens is 2. The summed E-state index contributed by atoms with van der Waals surface area (Å²) in [6.07, 6.45) is 0. The molecule has 34 heavy (non-hydrogen) atoms. The maximum Gasteiger partial charge on any atom is 0.258 e. The van der Waals surface area contributed by atoms with E-state index in [4.69, 9.17) is 14.2 Å². The average molecular weight is 466 g/mol. The van der Waals surface area contributed by atoms with Crippen LogP contribution in [0.2, 0.25) is 0 Å². The number of carbonyl (C=O) groups is 1. The van der Waals surface area contributed by atoms with Gasteiger partial charge >= 0.3 is 0 Å². The van der Waals surface area contributed by atoms with Crippen molar-refractivity contribution in [3.8, 4) is 17.4 Å². The van der Waals surface area contributed by atoms with Crippen molar-refractivity contribution in [3.05, 3.63) is 59.7 Å². The van der Waals surface area contributed by atoms with Crippen LogP contribution in [-0.2, 0) is 6.61 Å². The molecule has 2 aromatic carbocycles. The van der Waals surface area contributed by atoms with Crippen molar-refractivity contribution >= 4 is 17.4 Å². The molecule has 0 spiro atoms. The van der Waals surface area contributed by atoms with E-state index >= 15 is 0 Å². The second-order valence-electron chi connectivity index (χ2n) is 8.74. The quantitative estimate of drug-likeness (QED) is 0.468. The first-order chi connectivity index (χ1) is 16.4. The van der Waals surface area contributed by atoms with Gasteiger partial charge in [0.25, 0.3) is 5.91 Å². The molecule has 0 atom stereocenters. The highest BCUT2D eigenvalue weighted by atomic mass is 16.5. The number of nitrogens with zero attached hydrogens (tertiary/aromatic N) is 2. The van der Waals surface area contributed by atoms with Crippen LogP contribution in [0.4, 0.5) is 11.5 Å². The van der Waals surface area contributed by atoms with Crippen LogP contribution in [0.1, 0.15) is 29.8 Å². The highest BCUT2D eigenvalue weighted by Gasteiger charge is 2.32. The Hall–Kier alpha value is -3.72. The summed E-state index contributed by atoms with van der Waals surface area (Å²) in [6.45, 7) is 7.17. The number of aromatic amines is 1. The molecule has 3 aromatic rings. The fourth-order valence-corrected chi connectivity index (χ4v) is 4.07. The van der Waals surface area contributed by atoms with Crippen molar-refractivity contribution in [3.63, 3.8) is 0 Å². The molecule has 1 fully saturated rings. The van der Waals surface area contributed by atoms with Crippen LogP contribution < -0.4 is 29.7 Å². The van der Waals surface area contributed by atoms with Crippen LogP contribution in [0, 0.1) is 0 Å². The number of rotatable bonds is 8. The number of ether oxygens (including phenoxy) is 3. The third-order valence-electron chi connectivity index (χ3n) is 5.84. The van der Waals surface area contributed by atoms with E-state index in [9.17, 15) is 4.79 Å². The number of carbonyl (C=O) groups excluding carboxylic acids is 1. The molecule has 1 aliphatic rings. The molecule has 1 amide bonds. The molecular formula is C25H31N5O4. The molecule has 9 heteroatoms. The van der Waals surface area contributed by atoms with Crippen LogP contribution in [0.15, 0.2) is 48.5 Å². The van der Waals surface area contributed by atoms with Crippen LogP contribution in [0.5, 0.6) is 17.4 Å². The number of piperazine rings is 1. The minimum Gasteiger partial charge on any atom is -0.497 e. The normalized spacial score (nSPS) is 15.0. The summed E-state index contributed by atoms with van der Waals surface area (Å²) in [5.41, 5.74) is 2.29. The number of anilines is 2. The van der Waals surface area contributed by atoms with E-state index in [1.54, 1.807) is 26.4 Å². The lowest BCUT2D eigenvalue weighted by atomic mass is 9.97. The van der Waals surface area contributed by atoms with Crippen molar-refractivity contribution in [1.29, 1.82) is 0 Å². The van der Waals surface area contributed by atoms with Gasteiger partial charge in [-0.05, 0) is 43.7 Å². The molecule has 3 N–H and O–H groups in total. The Morgan fingerprint density at radius 3 is 2.56 bits per heavy atom. The van der Waals surface area contributed by atoms with Crippen molar-refractivity contribution in [1.82, 2.24) is 15.5 Å². The third-order valence-corrected chi connectivity index (χ3v) is 5.84. The van der Waals surface area contributed by atoms with E-state index in [0.717, 1.165) is 30.9 Å². The van der Waals surface area contributed by atoms with Crippen LogP contribution in [0.3, 0.4) is 0 Å². The summed E-state index contributed by atoms with van der Waals surface area (Å²) in [5.74, 6) is 1.97. The van der Waals surface area contributed by atoms with Gasteiger partial charge in [-0.1, -0.05) is 12.1 Å². The minimum absolute atomic E-state index is 0.105. The van der Waals surface area contributed by atoms with Gasteiger partial charge in [-0.3, -0.25) is 9.89 Å². The largest absolute Gasteiger partial charge is 0.497 e. The smallest absolute Gasteiger partial charge is 0.258 e. The van der Waals surface area contributed by atoms with Gasteiger partial charge in [0, 0.05) is 37.3 Å². The van der Waals surface area contributed by atoms with Crippen LogP contribution >= 0.6 is 0 Å². The highest BCUT2D eigenvalue weighted by Crippen LogP contribution is 2.29. The van der Waals surface area contributed by atoms with Gasteiger partial charge in [-0.15, -0.1) is 5.10 Å². The molecule has 1 saturated heterocycles. The number of nitrogens with one attached hydrogen (secondary N) is 3. The first-order valence-corrected chi connectivity index (χ1v) is 11.2. The zero-order valence-electron chi connectivity index (χ0n) is 20.0. The summed E-state index contributed by atoms with van der Waals surface area (Å²) in [7, 11) is 3.20. The van der Waals surface area contributed by atoms with Crippen molar-refractivity contribution in [2.24, 2.45) is 0 Å². The molecule has 0 saturated carbocycles. The monoisotopic (exact) mass is 465 g/mol. The number of para-hydroxylation sites is 1. The van der Waals surface area contributed by atoms with Gasteiger partial charge in [-0.2, -0.15) is 0 Å². The van der Waals surface area contributed by atoms with E-state index in [0.29, 0.717) is 28.8 Å². The first-order valence-electron chi connectivity index (χ1n) is 11.2. The molecule has 9 nitrogen and oxygen atoms in total. The van der Waals surface area contributed by atoms with E-state index in [1.807, 2.05) is 36.4 Å².